The van der Waals surface area contributed by atoms with Crippen molar-refractivity contribution in [2.75, 3.05) is 0 Å². The average Bonchev–Trinajstić information content (AvgIpc) is 3.78. The predicted molar refractivity (Wildman–Crippen MR) is 217 cm³/mol. The number of para-hydroxylation sites is 1. The number of nitrogens with zero attached hydrogens (tertiary/aromatic N) is 3. The first-order chi connectivity index (χ1) is 25.7. The molecule has 0 aliphatic heterocycles. The molecule has 5 heteroatoms. The number of hydrogen-bond acceptors (Lipinski definition) is 5. The second kappa shape index (κ2) is 11.6. The summed E-state index contributed by atoms with van der Waals surface area (Å²) in [5, 5.41) is 6.72. The predicted octanol–water partition coefficient (Wildman–Crippen LogP) is 12.9. The molecule has 7 aromatic carbocycles. The van der Waals surface area contributed by atoms with Crippen LogP contribution in [0.2, 0.25) is 0 Å². The number of allylic oxidation sites excluding steroid dienone is 1. The van der Waals surface area contributed by atoms with Crippen molar-refractivity contribution in [2.45, 2.75) is 12.8 Å². The molecule has 3 heterocycles. The number of benzene rings is 7. The van der Waals surface area contributed by atoms with Crippen molar-refractivity contribution in [3.05, 3.63) is 157 Å². The number of fused-ring (bicyclic) bond motifs is 8. The van der Waals surface area contributed by atoms with Gasteiger partial charge in [0.25, 0.3) is 0 Å². The van der Waals surface area contributed by atoms with Gasteiger partial charge in [-0.2, -0.15) is 0 Å². The average molecular weight is 684 g/mol. The van der Waals surface area contributed by atoms with Crippen LogP contribution < -0.4 is 0 Å². The standard InChI is InChI=1S/C47H29N3OS/c1-3-12-30-24-32(22-20-28(30)10-1)34-26-38(43-35-14-5-7-17-39(35)51-40(43)27-34)47-49-45(33-23-21-29-11-2-4-13-31(29)25-33)48-46(50-47)37-16-9-19-42-44(37)36-15-6-8-18-41(36)52-42/h2-9,11-27H,1,10H2. The lowest BCUT2D eigenvalue weighted by atomic mass is 9.92. The van der Waals surface area contributed by atoms with Crippen molar-refractivity contribution in [3.63, 3.8) is 0 Å². The zero-order chi connectivity index (χ0) is 34.2. The third-order valence-electron chi connectivity index (χ3n) is 10.4. The Hall–Kier alpha value is -6.43. The zero-order valence-corrected chi connectivity index (χ0v) is 28.8. The largest absolute Gasteiger partial charge is 0.456 e. The summed E-state index contributed by atoms with van der Waals surface area (Å²) in [5.74, 6) is 1.89. The molecule has 11 rings (SSSR count). The molecule has 4 nitrogen and oxygen atoms in total. The maximum Gasteiger partial charge on any atom is 0.164 e. The van der Waals surface area contributed by atoms with Gasteiger partial charge in [0.2, 0.25) is 0 Å². The van der Waals surface area contributed by atoms with Crippen LogP contribution in [0.15, 0.2) is 150 Å². The van der Waals surface area contributed by atoms with E-state index >= 15 is 0 Å². The Balaban J connectivity index is 1.21. The van der Waals surface area contributed by atoms with E-state index in [1.807, 2.05) is 12.1 Å². The van der Waals surface area contributed by atoms with E-state index in [0.29, 0.717) is 17.5 Å². The first kappa shape index (κ1) is 29.3. The lowest BCUT2D eigenvalue weighted by Gasteiger charge is -2.14. The van der Waals surface area contributed by atoms with Gasteiger partial charge >= 0.3 is 0 Å². The van der Waals surface area contributed by atoms with Gasteiger partial charge in [0.05, 0.1) is 0 Å². The summed E-state index contributed by atoms with van der Waals surface area (Å²) >= 11 is 1.80. The van der Waals surface area contributed by atoms with E-state index in [1.165, 1.54) is 36.7 Å². The summed E-state index contributed by atoms with van der Waals surface area (Å²) in [4.78, 5) is 15.9. The Bertz CT molecular complexity index is 3100. The van der Waals surface area contributed by atoms with Gasteiger partial charge in [-0.1, -0.05) is 109 Å². The van der Waals surface area contributed by atoms with Crippen LogP contribution in [0.1, 0.15) is 17.5 Å². The Labute approximate surface area is 303 Å². The van der Waals surface area contributed by atoms with Crippen LogP contribution >= 0.6 is 11.3 Å². The van der Waals surface area contributed by atoms with E-state index in [0.717, 1.165) is 68.0 Å². The smallest absolute Gasteiger partial charge is 0.164 e. The fourth-order valence-corrected chi connectivity index (χ4v) is 8.97. The third kappa shape index (κ3) is 4.70. The zero-order valence-electron chi connectivity index (χ0n) is 28.0. The Kier molecular flexibility index (Phi) is 6.51. The van der Waals surface area contributed by atoms with Gasteiger partial charge in [-0.05, 0) is 88.3 Å². The minimum Gasteiger partial charge on any atom is -0.456 e. The summed E-state index contributed by atoms with van der Waals surface area (Å²) in [5.41, 5.74) is 9.34. The monoisotopic (exact) mass is 683 g/mol. The van der Waals surface area contributed by atoms with E-state index in [2.05, 4.69) is 140 Å². The molecule has 0 unspecified atom stereocenters. The summed E-state index contributed by atoms with van der Waals surface area (Å²) in [6, 6.07) is 49.3. The van der Waals surface area contributed by atoms with Gasteiger partial charge in [0, 0.05) is 47.6 Å². The maximum absolute atomic E-state index is 6.58. The molecule has 3 aromatic heterocycles. The van der Waals surface area contributed by atoms with Crippen molar-refractivity contribution in [1.29, 1.82) is 0 Å². The minimum absolute atomic E-state index is 0.612. The van der Waals surface area contributed by atoms with Crippen molar-refractivity contribution in [2.24, 2.45) is 0 Å². The second-order valence-corrected chi connectivity index (χ2v) is 14.6. The molecular weight excluding hydrogens is 655 g/mol. The normalized spacial score (nSPS) is 12.8. The molecule has 0 N–H and O–H groups in total. The molecule has 0 spiro atoms. The van der Waals surface area contributed by atoms with Crippen molar-refractivity contribution < 1.29 is 4.42 Å². The van der Waals surface area contributed by atoms with Gasteiger partial charge in [0.1, 0.15) is 11.2 Å². The fraction of sp³-hybridized carbons (Fsp3) is 0.0426. The highest BCUT2D eigenvalue weighted by atomic mass is 32.1. The molecule has 1 aliphatic rings. The summed E-state index contributed by atoms with van der Waals surface area (Å²) in [6.45, 7) is 0. The van der Waals surface area contributed by atoms with E-state index in [1.54, 1.807) is 11.3 Å². The number of aryl methyl sites for hydroxylation is 1. The first-order valence-electron chi connectivity index (χ1n) is 17.6. The summed E-state index contributed by atoms with van der Waals surface area (Å²) in [6.07, 6.45) is 6.65. The molecule has 0 bridgehead atoms. The maximum atomic E-state index is 6.58. The molecule has 244 valence electrons. The summed E-state index contributed by atoms with van der Waals surface area (Å²) in [7, 11) is 0. The SMILES string of the molecule is C1=Cc2cc(-c3cc(-c4nc(-c5ccc6ccccc6c5)nc(-c5cccc6sc7ccccc7c56)n4)c4c(c3)oc3ccccc34)ccc2CC1. The van der Waals surface area contributed by atoms with Crippen LogP contribution in [0.4, 0.5) is 0 Å². The molecule has 1 aliphatic carbocycles. The highest BCUT2D eigenvalue weighted by Gasteiger charge is 2.21. The number of rotatable bonds is 4. The van der Waals surface area contributed by atoms with Gasteiger partial charge < -0.3 is 4.42 Å². The molecule has 0 amide bonds. The molecule has 0 saturated heterocycles. The van der Waals surface area contributed by atoms with Crippen molar-refractivity contribution in [1.82, 2.24) is 15.0 Å². The highest BCUT2D eigenvalue weighted by Crippen LogP contribution is 2.43. The van der Waals surface area contributed by atoms with E-state index in [-0.39, 0.29) is 0 Å². The van der Waals surface area contributed by atoms with Crippen LogP contribution in [0, 0.1) is 0 Å². The van der Waals surface area contributed by atoms with Crippen LogP contribution in [0.5, 0.6) is 0 Å². The Morgan fingerprint density at radius 2 is 1.27 bits per heavy atom. The number of aromatic nitrogens is 3. The van der Waals surface area contributed by atoms with Gasteiger partial charge in [-0.3, -0.25) is 0 Å². The van der Waals surface area contributed by atoms with E-state index < -0.39 is 0 Å². The van der Waals surface area contributed by atoms with Crippen molar-refractivity contribution >= 4 is 70.3 Å². The molecule has 0 atom stereocenters. The Morgan fingerprint density at radius 3 is 2.21 bits per heavy atom. The van der Waals surface area contributed by atoms with Crippen LogP contribution in [0.25, 0.3) is 104 Å². The Morgan fingerprint density at radius 1 is 0.500 bits per heavy atom. The number of thiophene rings is 1. The van der Waals surface area contributed by atoms with E-state index in [4.69, 9.17) is 19.4 Å². The van der Waals surface area contributed by atoms with E-state index in [9.17, 15) is 0 Å². The fourth-order valence-electron chi connectivity index (χ4n) is 7.84. The van der Waals surface area contributed by atoms with Crippen LogP contribution in [0.3, 0.4) is 0 Å². The molecular formula is C47H29N3OS. The van der Waals surface area contributed by atoms with Gasteiger partial charge in [-0.15, -0.1) is 11.3 Å². The molecule has 0 saturated carbocycles. The second-order valence-electron chi connectivity index (χ2n) is 13.5. The molecule has 0 radical (unpaired) electrons. The van der Waals surface area contributed by atoms with Crippen LogP contribution in [-0.2, 0) is 6.42 Å². The first-order valence-corrected chi connectivity index (χ1v) is 18.5. The molecule has 52 heavy (non-hydrogen) atoms. The highest BCUT2D eigenvalue weighted by molar-refractivity contribution is 7.25. The lowest BCUT2D eigenvalue weighted by molar-refractivity contribution is 0.669. The van der Waals surface area contributed by atoms with Crippen molar-refractivity contribution in [3.8, 4) is 45.3 Å². The third-order valence-corrected chi connectivity index (χ3v) is 11.5. The minimum atomic E-state index is 0.612. The molecule has 10 aromatic rings. The topological polar surface area (TPSA) is 51.8 Å². The number of hydrogen-bond donors (Lipinski definition) is 0. The van der Waals surface area contributed by atoms with Gasteiger partial charge in [0.15, 0.2) is 17.5 Å². The quantitative estimate of drug-likeness (QED) is 0.185. The summed E-state index contributed by atoms with van der Waals surface area (Å²) < 4.78 is 9.03. The lowest BCUT2D eigenvalue weighted by Crippen LogP contribution is -2.01. The molecule has 0 fully saturated rings. The van der Waals surface area contributed by atoms with Gasteiger partial charge in [-0.25, -0.2) is 15.0 Å². The van der Waals surface area contributed by atoms with Crippen LogP contribution in [-0.4, -0.2) is 15.0 Å². The number of furan rings is 1.